The molecule has 16 heavy (non-hydrogen) atoms. The Morgan fingerprint density at radius 1 is 1.25 bits per heavy atom. The van der Waals surface area contributed by atoms with E-state index in [0.717, 1.165) is 30.6 Å². The molecule has 2 rings (SSSR count). The molecule has 2 heteroatoms. The fourth-order valence-corrected chi connectivity index (χ4v) is 3.68. The number of hydrogen-bond acceptors (Lipinski definition) is 2. The highest BCUT2D eigenvalue weighted by atomic mass is 15.1. The van der Waals surface area contributed by atoms with Gasteiger partial charge in [-0.05, 0) is 63.5 Å². The van der Waals surface area contributed by atoms with Gasteiger partial charge in [0.25, 0.3) is 0 Å². The summed E-state index contributed by atoms with van der Waals surface area (Å²) in [5, 5.41) is 8.47. The molecule has 0 N–H and O–H groups in total. The van der Waals surface area contributed by atoms with E-state index in [9.17, 15) is 0 Å². The summed E-state index contributed by atoms with van der Waals surface area (Å²) >= 11 is 0. The summed E-state index contributed by atoms with van der Waals surface area (Å²) in [6.07, 6.45) is 9.00. The summed E-state index contributed by atoms with van der Waals surface area (Å²) < 4.78 is 0. The Morgan fingerprint density at radius 2 is 2.12 bits per heavy atom. The van der Waals surface area contributed by atoms with Gasteiger partial charge in [-0.25, -0.2) is 0 Å². The van der Waals surface area contributed by atoms with Crippen molar-refractivity contribution in [2.75, 3.05) is 20.1 Å². The summed E-state index contributed by atoms with van der Waals surface area (Å²) in [4.78, 5) is 2.49. The van der Waals surface area contributed by atoms with Crippen LogP contribution in [-0.2, 0) is 0 Å². The first-order valence-corrected chi connectivity index (χ1v) is 6.85. The first-order valence-electron chi connectivity index (χ1n) is 6.85. The van der Waals surface area contributed by atoms with Crippen molar-refractivity contribution in [3.8, 4) is 6.07 Å². The first-order chi connectivity index (χ1) is 7.79. The highest BCUT2D eigenvalue weighted by Crippen LogP contribution is 2.48. The maximum atomic E-state index is 8.47. The standard InChI is InChI=1S/C14H24N2/c1-16(8-4-2-3-7-15)11-14-10-12-5-6-13(14)9-12/h12-14H,2-6,8-11H2,1H3. The quantitative estimate of drug-likeness (QED) is 0.643. The van der Waals surface area contributed by atoms with Crippen LogP contribution in [0.4, 0.5) is 0 Å². The van der Waals surface area contributed by atoms with Crippen LogP contribution < -0.4 is 0 Å². The molecule has 0 aromatic heterocycles. The van der Waals surface area contributed by atoms with Crippen LogP contribution in [0.25, 0.3) is 0 Å². The molecule has 2 saturated carbocycles. The monoisotopic (exact) mass is 220 g/mol. The molecular weight excluding hydrogens is 196 g/mol. The van der Waals surface area contributed by atoms with E-state index in [2.05, 4.69) is 18.0 Å². The van der Waals surface area contributed by atoms with Crippen molar-refractivity contribution in [2.24, 2.45) is 17.8 Å². The molecule has 2 nitrogen and oxygen atoms in total. The number of hydrogen-bond donors (Lipinski definition) is 0. The minimum Gasteiger partial charge on any atom is -0.306 e. The van der Waals surface area contributed by atoms with Crippen LogP contribution in [0, 0.1) is 29.1 Å². The van der Waals surface area contributed by atoms with E-state index in [4.69, 9.17) is 5.26 Å². The highest BCUT2D eigenvalue weighted by Gasteiger charge is 2.39. The van der Waals surface area contributed by atoms with Gasteiger partial charge >= 0.3 is 0 Å². The van der Waals surface area contributed by atoms with Crippen LogP contribution >= 0.6 is 0 Å². The molecule has 0 spiro atoms. The number of fused-ring (bicyclic) bond motifs is 2. The number of rotatable bonds is 6. The largest absolute Gasteiger partial charge is 0.306 e. The molecular formula is C14H24N2. The van der Waals surface area contributed by atoms with E-state index >= 15 is 0 Å². The zero-order valence-corrected chi connectivity index (χ0v) is 10.5. The minimum atomic E-state index is 0.724. The van der Waals surface area contributed by atoms with Gasteiger partial charge < -0.3 is 4.90 Å². The number of nitriles is 1. The van der Waals surface area contributed by atoms with Gasteiger partial charge in [0.05, 0.1) is 6.07 Å². The molecule has 3 atom stereocenters. The van der Waals surface area contributed by atoms with Crippen LogP contribution in [-0.4, -0.2) is 25.0 Å². The van der Waals surface area contributed by atoms with Crippen molar-refractivity contribution in [3.63, 3.8) is 0 Å². The normalized spacial score (nSPS) is 32.2. The summed E-state index contributed by atoms with van der Waals surface area (Å²) in [6, 6.07) is 2.22. The zero-order valence-electron chi connectivity index (χ0n) is 10.5. The first kappa shape index (κ1) is 11.9. The minimum absolute atomic E-state index is 0.724. The molecule has 0 heterocycles. The van der Waals surface area contributed by atoms with E-state index in [1.54, 1.807) is 0 Å². The third-order valence-electron chi connectivity index (χ3n) is 4.51. The fourth-order valence-electron chi connectivity index (χ4n) is 3.68. The molecule has 0 amide bonds. The Labute approximate surface area is 99.6 Å². The van der Waals surface area contributed by atoms with Crippen molar-refractivity contribution >= 4 is 0 Å². The van der Waals surface area contributed by atoms with E-state index in [-0.39, 0.29) is 0 Å². The van der Waals surface area contributed by atoms with Crippen LogP contribution in [0.1, 0.15) is 44.9 Å². The van der Waals surface area contributed by atoms with E-state index in [1.807, 2.05) is 0 Å². The second-order valence-electron chi connectivity index (χ2n) is 5.81. The summed E-state index contributed by atoms with van der Waals surface area (Å²) in [6.45, 7) is 2.48. The lowest BCUT2D eigenvalue weighted by molar-refractivity contribution is 0.217. The number of nitrogens with zero attached hydrogens (tertiary/aromatic N) is 2. The third kappa shape index (κ3) is 2.98. The lowest BCUT2D eigenvalue weighted by Gasteiger charge is -2.27. The topological polar surface area (TPSA) is 27.0 Å². The van der Waals surface area contributed by atoms with Gasteiger partial charge in [-0.15, -0.1) is 0 Å². The van der Waals surface area contributed by atoms with Gasteiger partial charge in [-0.1, -0.05) is 6.42 Å². The molecule has 0 aliphatic heterocycles. The lowest BCUT2D eigenvalue weighted by Crippen LogP contribution is -2.29. The molecule has 3 unspecified atom stereocenters. The lowest BCUT2D eigenvalue weighted by atomic mass is 9.88. The van der Waals surface area contributed by atoms with Gasteiger partial charge in [0.15, 0.2) is 0 Å². The summed E-state index contributed by atoms with van der Waals surface area (Å²) in [7, 11) is 2.25. The van der Waals surface area contributed by atoms with Crippen LogP contribution in [0.3, 0.4) is 0 Å². The van der Waals surface area contributed by atoms with Gasteiger partial charge in [0.1, 0.15) is 0 Å². The summed E-state index contributed by atoms with van der Waals surface area (Å²) in [5.74, 6) is 3.10. The van der Waals surface area contributed by atoms with E-state index < -0.39 is 0 Å². The Hall–Kier alpha value is -0.550. The summed E-state index contributed by atoms with van der Waals surface area (Å²) in [5.41, 5.74) is 0. The molecule has 0 saturated heterocycles. The SMILES string of the molecule is CN(CCCCC#N)CC1CC2CCC1C2. The smallest absolute Gasteiger partial charge is 0.0621 e. The molecule has 0 aromatic carbocycles. The molecule has 0 aromatic rings. The van der Waals surface area contributed by atoms with E-state index in [1.165, 1.54) is 45.2 Å². The maximum Gasteiger partial charge on any atom is 0.0621 e. The van der Waals surface area contributed by atoms with Gasteiger partial charge in [-0.3, -0.25) is 0 Å². The second-order valence-corrected chi connectivity index (χ2v) is 5.81. The van der Waals surface area contributed by atoms with Crippen molar-refractivity contribution in [1.82, 2.24) is 4.90 Å². The molecule has 2 aliphatic carbocycles. The highest BCUT2D eigenvalue weighted by molar-refractivity contribution is 4.90. The van der Waals surface area contributed by atoms with Crippen molar-refractivity contribution in [3.05, 3.63) is 0 Å². The average Bonchev–Trinajstić information content (AvgIpc) is 2.86. The van der Waals surface area contributed by atoms with Crippen molar-refractivity contribution < 1.29 is 0 Å². The predicted molar refractivity (Wildman–Crippen MR) is 65.9 cm³/mol. The predicted octanol–water partition coefficient (Wildman–Crippen LogP) is 3.05. The molecule has 2 bridgehead atoms. The van der Waals surface area contributed by atoms with Gasteiger partial charge in [-0.2, -0.15) is 5.26 Å². The third-order valence-corrected chi connectivity index (χ3v) is 4.51. The maximum absolute atomic E-state index is 8.47. The van der Waals surface area contributed by atoms with Crippen LogP contribution in [0.15, 0.2) is 0 Å². The van der Waals surface area contributed by atoms with Crippen LogP contribution in [0.2, 0.25) is 0 Å². The Kier molecular flexibility index (Phi) is 4.23. The molecule has 2 aliphatic rings. The molecule has 90 valence electrons. The Morgan fingerprint density at radius 3 is 2.75 bits per heavy atom. The van der Waals surface area contributed by atoms with Crippen molar-refractivity contribution in [1.29, 1.82) is 5.26 Å². The van der Waals surface area contributed by atoms with Gasteiger partial charge in [0.2, 0.25) is 0 Å². The Bertz CT molecular complexity index is 256. The van der Waals surface area contributed by atoms with Gasteiger partial charge in [0, 0.05) is 13.0 Å². The molecule has 0 radical (unpaired) electrons. The van der Waals surface area contributed by atoms with E-state index in [0.29, 0.717) is 0 Å². The van der Waals surface area contributed by atoms with Crippen molar-refractivity contribution in [2.45, 2.75) is 44.9 Å². The Balaban J connectivity index is 1.60. The second kappa shape index (κ2) is 5.68. The fraction of sp³-hybridized carbons (Fsp3) is 0.929. The van der Waals surface area contributed by atoms with Crippen LogP contribution in [0.5, 0.6) is 0 Å². The zero-order chi connectivity index (χ0) is 11.4. The average molecular weight is 220 g/mol. The molecule has 2 fully saturated rings. The number of unbranched alkanes of at least 4 members (excludes halogenated alkanes) is 2.